The summed E-state index contributed by atoms with van der Waals surface area (Å²) >= 11 is 0. The van der Waals surface area contributed by atoms with Crippen molar-refractivity contribution in [3.05, 3.63) is 35.4 Å². The minimum absolute atomic E-state index is 0.343. The fraction of sp³-hybridized carbons (Fsp3) is 0.273. The smallest absolute Gasteiger partial charge is 0.424 e. The van der Waals surface area contributed by atoms with Crippen LogP contribution in [0.4, 0.5) is 39.5 Å². The van der Waals surface area contributed by atoms with Crippen molar-refractivity contribution in [2.45, 2.75) is 18.7 Å². The topological polar surface area (TPSA) is 9.23 Å². The zero-order valence-electron chi connectivity index (χ0n) is 9.75. The minimum atomic E-state index is -5.41. The van der Waals surface area contributed by atoms with Gasteiger partial charge >= 0.3 is 6.11 Å². The second-order valence-corrected chi connectivity index (χ2v) is 3.60. The number of hydrogen-bond donors (Lipinski definition) is 0. The molecule has 1 atom stereocenters. The van der Waals surface area contributed by atoms with Crippen LogP contribution < -0.4 is 4.74 Å². The third-order valence-electron chi connectivity index (χ3n) is 2.24. The maximum atomic E-state index is 13.3. The summed E-state index contributed by atoms with van der Waals surface area (Å²) in [6.07, 6.45) is -13.6. The van der Waals surface area contributed by atoms with Crippen molar-refractivity contribution in [3.63, 3.8) is 0 Å². The van der Waals surface area contributed by atoms with Crippen LogP contribution in [-0.2, 0) is 0 Å². The van der Waals surface area contributed by atoms with E-state index in [4.69, 9.17) is 0 Å². The van der Waals surface area contributed by atoms with Gasteiger partial charge in [-0.2, -0.15) is 17.6 Å². The summed E-state index contributed by atoms with van der Waals surface area (Å²) in [4.78, 5) is 0. The summed E-state index contributed by atoms with van der Waals surface area (Å²) in [5.41, 5.74) is -1.33. The molecule has 0 radical (unpaired) electrons. The minimum Gasteiger partial charge on any atom is -0.424 e. The number of benzene rings is 1. The van der Waals surface area contributed by atoms with Crippen molar-refractivity contribution >= 4 is 6.08 Å². The van der Waals surface area contributed by atoms with Crippen molar-refractivity contribution in [2.24, 2.45) is 0 Å². The molecule has 21 heavy (non-hydrogen) atoms. The zero-order valence-corrected chi connectivity index (χ0v) is 9.75. The molecular formula is C11H5F9O. The molecule has 0 aliphatic heterocycles. The highest BCUT2D eigenvalue weighted by atomic mass is 19.3. The molecule has 1 aromatic rings. The van der Waals surface area contributed by atoms with Gasteiger partial charge in [0, 0.05) is 0 Å². The fourth-order valence-electron chi connectivity index (χ4n) is 1.24. The molecule has 0 aromatic heterocycles. The lowest BCUT2D eigenvalue weighted by atomic mass is 10.1. The molecule has 1 nitrogen and oxygen atoms in total. The first kappa shape index (κ1) is 17.2. The molecule has 0 N–H and O–H groups in total. The first-order valence-electron chi connectivity index (χ1n) is 5.02. The number of alkyl halides is 5. The normalized spacial score (nSPS) is 13.4. The molecule has 0 saturated heterocycles. The van der Waals surface area contributed by atoms with E-state index in [1.165, 1.54) is 0 Å². The van der Waals surface area contributed by atoms with Gasteiger partial charge in [-0.3, -0.25) is 0 Å². The number of halogens is 9. The molecule has 0 aliphatic rings. The molecule has 0 saturated carbocycles. The maximum absolute atomic E-state index is 13.3. The van der Waals surface area contributed by atoms with Gasteiger partial charge < -0.3 is 4.74 Å². The molecule has 0 heterocycles. The van der Waals surface area contributed by atoms with Gasteiger partial charge in [0.25, 0.3) is 12.6 Å². The van der Waals surface area contributed by atoms with Crippen LogP contribution in [0.15, 0.2) is 6.58 Å². The molecule has 0 amide bonds. The Labute approximate surface area is 111 Å². The van der Waals surface area contributed by atoms with E-state index < -0.39 is 53.3 Å². The Morgan fingerprint density at radius 1 is 0.905 bits per heavy atom. The van der Waals surface area contributed by atoms with Crippen LogP contribution in [0.2, 0.25) is 0 Å². The standard InChI is InChI=1S/C11H5F9O/c1-2-3-4(12)6(14)8(7(15)5(3)13)21-11(19,20)9(16)10(17)18/h2,9-10H,1H2. The summed E-state index contributed by atoms with van der Waals surface area (Å²) in [5, 5.41) is 0. The largest absolute Gasteiger partial charge is 0.435 e. The van der Waals surface area contributed by atoms with E-state index in [9.17, 15) is 39.5 Å². The van der Waals surface area contributed by atoms with Gasteiger partial charge in [0.1, 0.15) is 0 Å². The van der Waals surface area contributed by atoms with Gasteiger partial charge in [-0.1, -0.05) is 12.7 Å². The summed E-state index contributed by atoms with van der Waals surface area (Å²) in [6, 6.07) is 0. The highest BCUT2D eigenvalue weighted by molar-refractivity contribution is 5.52. The summed E-state index contributed by atoms with van der Waals surface area (Å²) in [5.74, 6) is -11.5. The fourth-order valence-corrected chi connectivity index (χ4v) is 1.24. The third-order valence-corrected chi connectivity index (χ3v) is 2.24. The van der Waals surface area contributed by atoms with Crippen molar-refractivity contribution in [3.8, 4) is 5.75 Å². The number of hydrogen-bond acceptors (Lipinski definition) is 1. The molecule has 118 valence electrons. The van der Waals surface area contributed by atoms with Gasteiger partial charge in [-0.15, -0.1) is 0 Å². The Kier molecular flexibility index (Phi) is 4.79. The van der Waals surface area contributed by atoms with E-state index in [-0.39, 0.29) is 0 Å². The lowest BCUT2D eigenvalue weighted by molar-refractivity contribution is -0.246. The monoisotopic (exact) mass is 324 g/mol. The van der Waals surface area contributed by atoms with Gasteiger partial charge in [-0.25, -0.2) is 22.0 Å². The van der Waals surface area contributed by atoms with Gasteiger partial charge in [0.2, 0.25) is 17.4 Å². The van der Waals surface area contributed by atoms with Crippen LogP contribution in [-0.4, -0.2) is 18.7 Å². The van der Waals surface area contributed by atoms with Crippen molar-refractivity contribution in [1.82, 2.24) is 0 Å². The highest BCUT2D eigenvalue weighted by Gasteiger charge is 2.50. The second-order valence-electron chi connectivity index (χ2n) is 3.60. The first-order valence-corrected chi connectivity index (χ1v) is 5.02. The van der Waals surface area contributed by atoms with Crippen LogP contribution in [0.25, 0.3) is 6.08 Å². The van der Waals surface area contributed by atoms with E-state index in [0.717, 1.165) is 0 Å². The highest BCUT2D eigenvalue weighted by Crippen LogP contribution is 2.36. The SMILES string of the molecule is C=Cc1c(F)c(F)c(OC(F)(F)C(F)C(F)F)c(F)c1F. The van der Waals surface area contributed by atoms with Crippen LogP contribution in [0.5, 0.6) is 5.75 Å². The molecular weight excluding hydrogens is 319 g/mol. The maximum Gasteiger partial charge on any atom is 0.435 e. The lowest BCUT2D eigenvalue weighted by Gasteiger charge is -2.22. The van der Waals surface area contributed by atoms with Gasteiger partial charge in [-0.05, 0) is 0 Å². The Bertz CT molecular complexity index is 526. The van der Waals surface area contributed by atoms with Crippen LogP contribution in [0, 0.1) is 23.3 Å². The number of ether oxygens (including phenoxy) is 1. The number of rotatable bonds is 5. The molecule has 1 unspecified atom stereocenters. The molecule has 1 rings (SSSR count). The average Bonchev–Trinajstić information content (AvgIpc) is 2.41. The third kappa shape index (κ3) is 3.08. The van der Waals surface area contributed by atoms with E-state index in [2.05, 4.69) is 11.3 Å². The van der Waals surface area contributed by atoms with Crippen molar-refractivity contribution in [2.75, 3.05) is 0 Å². The van der Waals surface area contributed by atoms with Crippen molar-refractivity contribution < 1.29 is 44.3 Å². The molecule has 10 heteroatoms. The van der Waals surface area contributed by atoms with E-state index >= 15 is 0 Å². The van der Waals surface area contributed by atoms with Crippen LogP contribution in [0.3, 0.4) is 0 Å². The second kappa shape index (κ2) is 5.86. The summed E-state index contributed by atoms with van der Waals surface area (Å²) in [6.45, 7) is 2.83. The predicted octanol–water partition coefficient (Wildman–Crippen LogP) is 4.46. The quantitative estimate of drug-likeness (QED) is 0.574. The van der Waals surface area contributed by atoms with Gasteiger partial charge in [0.15, 0.2) is 11.6 Å². The Morgan fingerprint density at radius 3 is 1.67 bits per heavy atom. The molecule has 0 spiro atoms. The van der Waals surface area contributed by atoms with E-state index in [1.54, 1.807) is 0 Å². The van der Waals surface area contributed by atoms with Crippen LogP contribution >= 0.6 is 0 Å². The van der Waals surface area contributed by atoms with Gasteiger partial charge in [0.05, 0.1) is 5.56 Å². The molecule has 0 aliphatic carbocycles. The van der Waals surface area contributed by atoms with E-state index in [0.29, 0.717) is 6.08 Å². The Balaban J connectivity index is 3.36. The first-order chi connectivity index (χ1) is 9.54. The molecule has 1 aromatic carbocycles. The molecule has 0 bridgehead atoms. The Morgan fingerprint density at radius 2 is 1.33 bits per heavy atom. The predicted molar refractivity (Wildman–Crippen MR) is 52.8 cm³/mol. The van der Waals surface area contributed by atoms with Crippen LogP contribution in [0.1, 0.15) is 5.56 Å². The average molecular weight is 324 g/mol. The van der Waals surface area contributed by atoms with Crippen molar-refractivity contribution in [1.29, 1.82) is 0 Å². The molecule has 0 fully saturated rings. The summed E-state index contributed by atoms with van der Waals surface area (Å²) < 4.78 is 118. The lowest BCUT2D eigenvalue weighted by Crippen LogP contribution is -2.41. The zero-order chi connectivity index (χ0) is 16.5. The Hall–Kier alpha value is -1.87. The summed E-state index contributed by atoms with van der Waals surface area (Å²) in [7, 11) is 0. The van der Waals surface area contributed by atoms with E-state index in [1.807, 2.05) is 0 Å².